The van der Waals surface area contributed by atoms with Gasteiger partial charge in [0.05, 0.1) is 0 Å². The lowest BCUT2D eigenvalue weighted by Gasteiger charge is -2.38. The van der Waals surface area contributed by atoms with E-state index in [0.717, 1.165) is 37.9 Å². The van der Waals surface area contributed by atoms with Gasteiger partial charge in [-0.2, -0.15) is 5.26 Å². The molecular formula is C23H27N3O. The molecule has 1 N–H and O–H groups in total. The van der Waals surface area contributed by atoms with E-state index < -0.39 is 5.54 Å². The summed E-state index contributed by atoms with van der Waals surface area (Å²) in [6.07, 6.45) is 5.58. The van der Waals surface area contributed by atoms with E-state index in [1.807, 2.05) is 54.4 Å². The maximum Gasteiger partial charge on any atom is 0.248 e. The number of benzene rings is 2. The standard InChI is InChI=1S/C23H27N3O/c1-23(25-18-24,17-21-10-6-3-7-11-21)22(27)26-14-12-20(13-15-26)16-19-8-4-2-5-9-19/h2-11,20,25H,12-17H2,1H3/t23-/m0/s1. The van der Waals surface area contributed by atoms with Gasteiger partial charge in [0.2, 0.25) is 5.91 Å². The first-order chi connectivity index (χ1) is 13.1. The van der Waals surface area contributed by atoms with Crippen molar-refractivity contribution >= 4 is 5.91 Å². The van der Waals surface area contributed by atoms with E-state index in [9.17, 15) is 10.1 Å². The van der Waals surface area contributed by atoms with Crippen LogP contribution < -0.4 is 5.32 Å². The minimum Gasteiger partial charge on any atom is -0.341 e. The van der Waals surface area contributed by atoms with Gasteiger partial charge in [-0.05, 0) is 43.2 Å². The van der Waals surface area contributed by atoms with Crippen LogP contribution in [0.5, 0.6) is 0 Å². The van der Waals surface area contributed by atoms with Crippen molar-refractivity contribution in [3.8, 4) is 6.19 Å². The van der Waals surface area contributed by atoms with Crippen molar-refractivity contribution in [3.63, 3.8) is 0 Å². The number of hydrogen-bond acceptors (Lipinski definition) is 3. The average molecular weight is 361 g/mol. The molecular weight excluding hydrogens is 334 g/mol. The predicted octanol–water partition coefficient (Wildman–Crippen LogP) is 3.54. The molecule has 0 bridgehead atoms. The Morgan fingerprint density at radius 2 is 1.63 bits per heavy atom. The van der Waals surface area contributed by atoms with Crippen molar-refractivity contribution in [3.05, 3.63) is 71.8 Å². The fraction of sp³-hybridized carbons (Fsp3) is 0.391. The first kappa shape index (κ1) is 19.0. The third kappa shape index (κ3) is 4.89. The van der Waals surface area contributed by atoms with Crippen molar-refractivity contribution in [1.82, 2.24) is 10.2 Å². The molecule has 1 saturated heterocycles. The zero-order chi connectivity index (χ0) is 19.1. The highest BCUT2D eigenvalue weighted by molar-refractivity contribution is 5.86. The summed E-state index contributed by atoms with van der Waals surface area (Å²) < 4.78 is 0. The molecule has 2 aromatic carbocycles. The first-order valence-corrected chi connectivity index (χ1v) is 9.64. The zero-order valence-corrected chi connectivity index (χ0v) is 15.9. The fourth-order valence-electron chi connectivity index (χ4n) is 3.94. The van der Waals surface area contributed by atoms with Crippen LogP contribution in [0.15, 0.2) is 60.7 Å². The van der Waals surface area contributed by atoms with Crippen LogP contribution >= 0.6 is 0 Å². The molecule has 0 saturated carbocycles. The molecule has 3 rings (SSSR count). The van der Waals surface area contributed by atoms with E-state index in [-0.39, 0.29) is 5.91 Å². The number of nitrogens with one attached hydrogen (secondary N) is 1. The van der Waals surface area contributed by atoms with Crippen LogP contribution in [0.4, 0.5) is 0 Å². The minimum atomic E-state index is -0.900. The smallest absolute Gasteiger partial charge is 0.248 e. The molecule has 1 aliphatic heterocycles. The lowest BCUT2D eigenvalue weighted by atomic mass is 9.87. The molecule has 1 atom stereocenters. The molecule has 4 nitrogen and oxygen atoms in total. The van der Waals surface area contributed by atoms with E-state index in [0.29, 0.717) is 12.3 Å². The molecule has 0 radical (unpaired) electrons. The Morgan fingerprint density at radius 1 is 1.07 bits per heavy atom. The Labute approximate surface area is 161 Å². The maximum absolute atomic E-state index is 13.2. The van der Waals surface area contributed by atoms with Crippen molar-refractivity contribution in [1.29, 1.82) is 5.26 Å². The Hall–Kier alpha value is -2.80. The Balaban J connectivity index is 1.61. The fourth-order valence-corrected chi connectivity index (χ4v) is 3.94. The van der Waals surface area contributed by atoms with Gasteiger partial charge in [0.15, 0.2) is 6.19 Å². The summed E-state index contributed by atoms with van der Waals surface area (Å²) in [5.74, 6) is 0.631. The summed E-state index contributed by atoms with van der Waals surface area (Å²) in [5.41, 5.74) is 1.51. The molecule has 1 amide bonds. The molecule has 4 heteroatoms. The van der Waals surface area contributed by atoms with Gasteiger partial charge in [0.1, 0.15) is 5.54 Å². The van der Waals surface area contributed by atoms with E-state index in [1.54, 1.807) is 0 Å². The van der Waals surface area contributed by atoms with Gasteiger partial charge < -0.3 is 10.2 Å². The Morgan fingerprint density at radius 3 is 2.19 bits per heavy atom. The lowest BCUT2D eigenvalue weighted by Crippen LogP contribution is -2.57. The summed E-state index contributed by atoms with van der Waals surface area (Å²) in [4.78, 5) is 15.1. The highest BCUT2D eigenvalue weighted by Crippen LogP contribution is 2.25. The molecule has 1 heterocycles. The van der Waals surface area contributed by atoms with E-state index >= 15 is 0 Å². The summed E-state index contributed by atoms with van der Waals surface area (Å²) in [5, 5.41) is 12.0. The quantitative estimate of drug-likeness (QED) is 0.632. The van der Waals surface area contributed by atoms with Crippen molar-refractivity contribution in [2.24, 2.45) is 5.92 Å². The number of rotatable bonds is 6. The van der Waals surface area contributed by atoms with Crippen molar-refractivity contribution in [2.75, 3.05) is 13.1 Å². The summed E-state index contributed by atoms with van der Waals surface area (Å²) in [6.45, 7) is 3.35. The summed E-state index contributed by atoms with van der Waals surface area (Å²) in [6, 6.07) is 20.4. The van der Waals surface area contributed by atoms with Gasteiger partial charge in [-0.15, -0.1) is 0 Å². The van der Waals surface area contributed by atoms with Crippen molar-refractivity contribution < 1.29 is 4.79 Å². The van der Waals surface area contributed by atoms with Crippen LogP contribution in [-0.2, 0) is 17.6 Å². The van der Waals surface area contributed by atoms with Gasteiger partial charge in [-0.3, -0.25) is 4.79 Å². The van der Waals surface area contributed by atoms with E-state index in [2.05, 4.69) is 29.6 Å². The van der Waals surface area contributed by atoms with Gasteiger partial charge >= 0.3 is 0 Å². The molecule has 1 aliphatic rings. The second-order valence-electron chi connectivity index (χ2n) is 7.66. The average Bonchev–Trinajstić information content (AvgIpc) is 2.70. The van der Waals surface area contributed by atoms with Gasteiger partial charge in [0, 0.05) is 19.5 Å². The SMILES string of the molecule is C[C@@](Cc1ccccc1)(NC#N)C(=O)N1CCC(Cc2ccccc2)CC1. The zero-order valence-electron chi connectivity index (χ0n) is 15.9. The second kappa shape index (κ2) is 8.73. The van der Waals surface area contributed by atoms with Crippen LogP contribution in [-0.4, -0.2) is 29.4 Å². The number of nitrogens with zero attached hydrogens (tertiary/aromatic N) is 2. The van der Waals surface area contributed by atoms with Gasteiger partial charge in [0.25, 0.3) is 0 Å². The summed E-state index contributed by atoms with van der Waals surface area (Å²) in [7, 11) is 0. The predicted molar refractivity (Wildman–Crippen MR) is 107 cm³/mol. The monoisotopic (exact) mass is 361 g/mol. The van der Waals surface area contributed by atoms with Crippen LogP contribution in [0.1, 0.15) is 30.9 Å². The second-order valence-corrected chi connectivity index (χ2v) is 7.66. The molecule has 2 aromatic rings. The number of piperidine rings is 1. The van der Waals surface area contributed by atoms with Crippen LogP contribution in [0.25, 0.3) is 0 Å². The maximum atomic E-state index is 13.2. The first-order valence-electron chi connectivity index (χ1n) is 9.64. The molecule has 0 aromatic heterocycles. The van der Waals surface area contributed by atoms with Crippen LogP contribution in [0.2, 0.25) is 0 Å². The highest BCUT2D eigenvalue weighted by Gasteiger charge is 2.38. The molecule has 0 unspecified atom stereocenters. The summed E-state index contributed by atoms with van der Waals surface area (Å²) >= 11 is 0. The van der Waals surface area contributed by atoms with E-state index in [4.69, 9.17) is 0 Å². The highest BCUT2D eigenvalue weighted by atomic mass is 16.2. The number of carbonyl (C=O) groups excluding carboxylic acids is 1. The number of nitriles is 1. The largest absolute Gasteiger partial charge is 0.341 e. The van der Waals surface area contributed by atoms with Gasteiger partial charge in [-0.1, -0.05) is 60.7 Å². The van der Waals surface area contributed by atoms with Crippen LogP contribution in [0, 0.1) is 17.4 Å². The number of hydrogen-bond donors (Lipinski definition) is 1. The lowest BCUT2D eigenvalue weighted by molar-refractivity contribution is -0.138. The number of amides is 1. The molecule has 0 aliphatic carbocycles. The van der Waals surface area contributed by atoms with Gasteiger partial charge in [-0.25, -0.2) is 0 Å². The van der Waals surface area contributed by atoms with Crippen LogP contribution in [0.3, 0.4) is 0 Å². The Kier molecular flexibility index (Phi) is 6.13. The minimum absolute atomic E-state index is 0.0195. The molecule has 140 valence electrons. The topological polar surface area (TPSA) is 56.1 Å². The molecule has 1 fully saturated rings. The normalized spacial score (nSPS) is 17.0. The number of likely N-dealkylation sites (tertiary alicyclic amines) is 1. The van der Waals surface area contributed by atoms with Crippen molar-refractivity contribution in [2.45, 2.75) is 38.1 Å². The number of carbonyl (C=O) groups is 1. The molecule has 27 heavy (non-hydrogen) atoms. The van der Waals surface area contributed by atoms with E-state index in [1.165, 1.54) is 5.56 Å². The Bertz CT molecular complexity index is 776. The third-order valence-corrected chi connectivity index (χ3v) is 5.47. The molecule has 0 spiro atoms. The third-order valence-electron chi connectivity index (χ3n) is 5.47.